The number of likely N-dealkylation sites (tertiary alicyclic amines) is 1. The van der Waals surface area contributed by atoms with Crippen LogP contribution in [-0.2, 0) is 9.53 Å². The summed E-state index contributed by atoms with van der Waals surface area (Å²) < 4.78 is 16.3. The number of methoxy groups -OCH3 is 1. The van der Waals surface area contributed by atoms with Crippen LogP contribution in [0.25, 0.3) is 6.08 Å². The van der Waals surface area contributed by atoms with Gasteiger partial charge in [-0.1, -0.05) is 11.6 Å². The number of rotatable bonds is 7. The van der Waals surface area contributed by atoms with E-state index in [2.05, 4.69) is 0 Å². The smallest absolute Gasteiger partial charge is 0.410 e. The highest BCUT2D eigenvalue weighted by atomic mass is 35.5. The van der Waals surface area contributed by atoms with Gasteiger partial charge in [0, 0.05) is 32.8 Å². The van der Waals surface area contributed by atoms with Crippen molar-refractivity contribution in [2.45, 2.75) is 46.1 Å². The van der Waals surface area contributed by atoms with Gasteiger partial charge in [0.25, 0.3) is 0 Å². The second kappa shape index (κ2) is 11.5. The summed E-state index contributed by atoms with van der Waals surface area (Å²) >= 11 is 6.29. The summed E-state index contributed by atoms with van der Waals surface area (Å²) in [5.41, 5.74) is 0.225. The van der Waals surface area contributed by atoms with E-state index >= 15 is 0 Å². The lowest BCUT2D eigenvalue weighted by Gasteiger charge is -2.34. The van der Waals surface area contributed by atoms with Crippen LogP contribution in [0.2, 0.25) is 5.02 Å². The molecule has 1 aliphatic heterocycles. The molecule has 1 fully saturated rings. The zero-order valence-corrected chi connectivity index (χ0v) is 20.7. The van der Waals surface area contributed by atoms with Gasteiger partial charge in [-0.3, -0.25) is 4.79 Å². The molecule has 1 aliphatic rings. The average molecular weight is 467 g/mol. The van der Waals surface area contributed by atoms with Crippen molar-refractivity contribution in [3.05, 3.63) is 28.8 Å². The first-order chi connectivity index (χ1) is 15.0. The number of carbonyl (C=O) groups excluding carboxylic acids is 2. The van der Waals surface area contributed by atoms with Crippen LogP contribution in [0.5, 0.6) is 11.5 Å². The Kier molecular flexibility index (Phi) is 9.25. The summed E-state index contributed by atoms with van der Waals surface area (Å²) in [4.78, 5) is 28.4. The van der Waals surface area contributed by atoms with E-state index in [-0.39, 0.29) is 17.9 Å². The number of halogens is 1. The molecule has 0 N–H and O–H groups in total. The molecule has 1 aromatic carbocycles. The van der Waals surface area contributed by atoms with Gasteiger partial charge in [0.1, 0.15) is 5.60 Å². The fraction of sp³-hybridized carbons (Fsp3) is 0.583. The Labute approximate surface area is 196 Å². The van der Waals surface area contributed by atoms with Crippen LogP contribution >= 0.6 is 11.6 Å². The minimum atomic E-state index is -0.531. The van der Waals surface area contributed by atoms with Gasteiger partial charge in [-0.2, -0.15) is 0 Å². The second-order valence-corrected chi connectivity index (χ2v) is 9.36. The van der Waals surface area contributed by atoms with Crippen molar-refractivity contribution in [2.75, 3.05) is 40.4 Å². The van der Waals surface area contributed by atoms with Crippen molar-refractivity contribution in [1.82, 2.24) is 9.80 Å². The topological polar surface area (TPSA) is 68.3 Å². The minimum Gasteiger partial charge on any atom is -0.491 e. The molecule has 8 heteroatoms. The van der Waals surface area contributed by atoms with Crippen LogP contribution in [0, 0.1) is 5.92 Å². The summed E-state index contributed by atoms with van der Waals surface area (Å²) in [5.74, 6) is 1.15. The first kappa shape index (κ1) is 25.8. The molecule has 1 heterocycles. The third kappa shape index (κ3) is 7.62. The van der Waals surface area contributed by atoms with E-state index in [9.17, 15) is 9.59 Å². The summed E-state index contributed by atoms with van der Waals surface area (Å²) in [6.45, 7) is 9.75. The number of piperidine rings is 1. The highest BCUT2D eigenvalue weighted by Crippen LogP contribution is 2.36. The molecule has 0 radical (unpaired) electrons. The van der Waals surface area contributed by atoms with E-state index in [1.807, 2.05) is 32.6 Å². The van der Waals surface area contributed by atoms with Gasteiger partial charge in [0.2, 0.25) is 5.91 Å². The van der Waals surface area contributed by atoms with Crippen LogP contribution in [-0.4, -0.2) is 67.8 Å². The fourth-order valence-corrected chi connectivity index (χ4v) is 3.93. The molecule has 1 saturated heterocycles. The maximum Gasteiger partial charge on any atom is 0.410 e. The zero-order valence-electron chi connectivity index (χ0n) is 19.9. The molecule has 7 nitrogen and oxygen atoms in total. The van der Waals surface area contributed by atoms with Crippen molar-refractivity contribution in [3.63, 3.8) is 0 Å². The maximum absolute atomic E-state index is 12.8. The largest absolute Gasteiger partial charge is 0.491 e. The Morgan fingerprint density at radius 3 is 2.66 bits per heavy atom. The first-order valence-electron chi connectivity index (χ1n) is 11.0. The van der Waals surface area contributed by atoms with Gasteiger partial charge < -0.3 is 24.0 Å². The SMILES string of the molecule is CCOc1cc(/C=C/C(=O)N2CCCC(CN(C)C(=O)OC(C)(C)C)C2)cc(Cl)c1OC. The number of nitrogens with zero attached hydrogens (tertiary/aromatic N) is 2. The van der Waals surface area contributed by atoms with E-state index < -0.39 is 5.60 Å². The van der Waals surface area contributed by atoms with E-state index in [0.29, 0.717) is 42.8 Å². The third-order valence-electron chi connectivity index (χ3n) is 5.02. The Balaban J connectivity index is 2.00. The van der Waals surface area contributed by atoms with Gasteiger partial charge in [-0.15, -0.1) is 0 Å². The normalized spacial score (nSPS) is 16.7. The number of hydrogen-bond acceptors (Lipinski definition) is 5. The lowest BCUT2D eigenvalue weighted by Crippen LogP contribution is -2.44. The van der Waals surface area contributed by atoms with Crippen molar-refractivity contribution in [1.29, 1.82) is 0 Å². The zero-order chi connectivity index (χ0) is 23.9. The minimum absolute atomic E-state index is 0.0699. The molecule has 0 bridgehead atoms. The molecule has 178 valence electrons. The summed E-state index contributed by atoms with van der Waals surface area (Å²) in [6.07, 6.45) is 4.80. The predicted molar refractivity (Wildman–Crippen MR) is 126 cm³/mol. The number of benzene rings is 1. The second-order valence-electron chi connectivity index (χ2n) is 8.95. The van der Waals surface area contributed by atoms with Crippen molar-refractivity contribution in [3.8, 4) is 11.5 Å². The summed E-state index contributed by atoms with van der Waals surface area (Å²) in [6, 6.07) is 3.54. The van der Waals surface area contributed by atoms with Gasteiger partial charge in [-0.05, 0) is 70.2 Å². The van der Waals surface area contributed by atoms with Crippen molar-refractivity contribution >= 4 is 29.7 Å². The maximum atomic E-state index is 12.8. The first-order valence-corrected chi connectivity index (χ1v) is 11.3. The molecule has 0 spiro atoms. The van der Waals surface area contributed by atoms with Crippen molar-refractivity contribution < 1.29 is 23.8 Å². The van der Waals surface area contributed by atoms with Gasteiger partial charge in [0.15, 0.2) is 11.5 Å². The third-order valence-corrected chi connectivity index (χ3v) is 5.30. The van der Waals surface area contributed by atoms with Crippen LogP contribution in [0.3, 0.4) is 0 Å². The van der Waals surface area contributed by atoms with Crippen LogP contribution in [0.15, 0.2) is 18.2 Å². The molecular weight excluding hydrogens is 432 g/mol. The standard InChI is InChI=1S/C24H35ClN2O5/c1-7-31-20-14-17(13-19(25)22(20)30-6)10-11-21(28)27-12-8-9-18(16-27)15-26(5)23(29)32-24(2,3)4/h10-11,13-14,18H,7-9,12,15-16H2,1-6H3/b11-10+. The van der Waals surface area contributed by atoms with Gasteiger partial charge in [-0.25, -0.2) is 4.79 Å². The fourth-order valence-electron chi connectivity index (χ4n) is 3.63. The molecule has 2 rings (SSSR count). The molecule has 1 atom stereocenters. The monoisotopic (exact) mass is 466 g/mol. The van der Waals surface area contributed by atoms with Gasteiger partial charge >= 0.3 is 6.09 Å². The van der Waals surface area contributed by atoms with Crippen molar-refractivity contribution in [2.24, 2.45) is 5.92 Å². The Hall–Kier alpha value is -2.41. The molecule has 0 saturated carbocycles. The molecule has 0 aliphatic carbocycles. The highest BCUT2D eigenvalue weighted by Gasteiger charge is 2.26. The number of amides is 2. The molecule has 1 unspecified atom stereocenters. The Morgan fingerprint density at radius 1 is 1.31 bits per heavy atom. The van der Waals surface area contributed by atoms with Crippen LogP contribution in [0.4, 0.5) is 4.79 Å². The molecular formula is C24H35ClN2O5. The molecule has 2 amide bonds. The highest BCUT2D eigenvalue weighted by molar-refractivity contribution is 6.32. The van der Waals surface area contributed by atoms with Crippen LogP contribution in [0.1, 0.15) is 46.1 Å². The number of hydrogen-bond donors (Lipinski definition) is 0. The summed E-state index contributed by atoms with van der Waals surface area (Å²) in [7, 11) is 3.27. The van der Waals surface area contributed by atoms with E-state index in [1.54, 1.807) is 36.2 Å². The number of ether oxygens (including phenoxy) is 3. The van der Waals surface area contributed by atoms with Crippen LogP contribution < -0.4 is 9.47 Å². The average Bonchev–Trinajstić information content (AvgIpc) is 2.71. The lowest BCUT2D eigenvalue weighted by atomic mass is 9.97. The predicted octanol–water partition coefficient (Wildman–Crippen LogP) is 4.87. The van der Waals surface area contributed by atoms with E-state index in [0.717, 1.165) is 18.4 Å². The Bertz CT molecular complexity index is 834. The number of carbonyl (C=O) groups is 2. The van der Waals surface area contributed by atoms with E-state index in [4.69, 9.17) is 25.8 Å². The molecule has 0 aromatic heterocycles. The summed E-state index contributed by atoms with van der Waals surface area (Å²) in [5, 5.41) is 0.425. The Morgan fingerprint density at radius 2 is 2.03 bits per heavy atom. The van der Waals surface area contributed by atoms with E-state index in [1.165, 1.54) is 7.11 Å². The quantitative estimate of drug-likeness (QED) is 0.536. The van der Waals surface area contributed by atoms with Gasteiger partial charge in [0.05, 0.1) is 18.7 Å². The molecule has 32 heavy (non-hydrogen) atoms. The lowest BCUT2D eigenvalue weighted by molar-refractivity contribution is -0.127. The molecule has 1 aromatic rings.